The van der Waals surface area contributed by atoms with Crippen LogP contribution in [-0.4, -0.2) is 34.9 Å². The van der Waals surface area contributed by atoms with E-state index in [1.807, 2.05) is 49.4 Å². The quantitative estimate of drug-likeness (QED) is 0.271. The molecule has 1 aromatic heterocycles. The van der Waals surface area contributed by atoms with Crippen LogP contribution in [0.1, 0.15) is 27.7 Å². The number of carbonyl (C=O) groups excluding carboxylic acids is 1. The standard InChI is InChI=1S/C21H19BrCl2N2OS.H2O4S/c1-2-25-19-9-7-15(23)11-14(19)12-26(13-16-8-10-20(22)28-16)21(27)17-5-3-4-6-18(17)24;1-5(2,3)4/h3-11,25H,2,12-13H2,1H3;(H2,1,2,3,4). The second kappa shape index (κ2) is 12.7. The highest BCUT2D eigenvalue weighted by Crippen LogP contribution is 2.28. The van der Waals surface area contributed by atoms with Crippen LogP contribution in [-0.2, 0) is 23.5 Å². The van der Waals surface area contributed by atoms with E-state index in [0.29, 0.717) is 28.7 Å². The summed E-state index contributed by atoms with van der Waals surface area (Å²) in [6, 6.07) is 16.8. The third-order valence-corrected chi connectivity index (χ3v) is 6.34. The normalized spacial score (nSPS) is 10.8. The molecule has 0 fully saturated rings. The predicted octanol–water partition coefficient (Wildman–Crippen LogP) is 6.44. The van der Waals surface area contributed by atoms with Crippen molar-refractivity contribution in [3.05, 3.63) is 84.4 Å². The smallest absolute Gasteiger partial charge is 0.385 e. The summed E-state index contributed by atoms with van der Waals surface area (Å²) < 4.78 is 32.6. The van der Waals surface area contributed by atoms with E-state index >= 15 is 0 Å². The maximum absolute atomic E-state index is 13.3. The zero-order chi connectivity index (χ0) is 24.6. The maximum atomic E-state index is 13.3. The number of nitrogens with zero attached hydrogens (tertiary/aromatic N) is 1. The van der Waals surface area contributed by atoms with Gasteiger partial charge in [0.1, 0.15) is 0 Å². The van der Waals surface area contributed by atoms with E-state index in [2.05, 4.69) is 21.2 Å². The lowest BCUT2D eigenvalue weighted by Gasteiger charge is -2.24. The largest absolute Gasteiger partial charge is 0.394 e. The molecule has 1 amide bonds. The molecule has 12 heteroatoms. The van der Waals surface area contributed by atoms with Crippen molar-refractivity contribution in [3.63, 3.8) is 0 Å². The van der Waals surface area contributed by atoms with E-state index in [9.17, 15) is 4.79 Å². The van der Waals surface area contributed by atoms with Gasteiger partial charge in [-0.3, -0.25) is 13.9 Å². The monoisotopic (exact) mass is 594 g/mol. The first-order valence-electron chi connectivity index (χ1n) is 9.48. The van der Waals surface area contributed by atoms with Crippen LogP contribution in [0.3, 0.4) is 0 Å². The fourth-order valence-corrected chi connectivity index (χ4v) is 4.80. The molecule has 0 bridgehead atoms. The van der Waals surface area contributed by atoms with Gasteiger partial charge in [-0.1, -0.05) is 35.3 Å². The molecule has 7 nitrogen and oxygen atoms in total. The number of thiophene rings is 1. The lowest BCUT2D eigenvalue weighted by atomic mass is 10.1. The van der Waals surface area contributed by atoms with Gasteiger partial charge in [0, 0.05) is 28.7 Å². The van der Waals surface area contributed by atoms with Crippen LogP contribution in [0.4, 0.5) is 5.69 Å². The van der Waals surface area contributed by atoms with Crippen LogP contribution in [0.25, 0.3) is 0 Å². The van der Waals surface area contributed by atoms with Crippen molar-refractivity contribution >= 4 is 72.5 Å². The number of amides is 1. The van der Waals surface area contributed by atoms with Crippen molar-refractivity contribution in [2.24, 2.45) is 0 Å². The van der Waals surface area contributed by atoms with Crippen molar-refractivity contribution in [1.82, 2.24) is 4.90 Å². The van der Waals surface area contributed by atoms with Crippen molar-refractivity contribution in [2.75, 3.05) is 11.9 Å². The Morgan fingerprint density at radius 2 is 1.76 bits per heavy atom. The molecular formula is C21H21BrCl2N2O5S2. The lowest BCUT2D eigenvalue weighted by molar-refractivity contribution is 0.0732. The van der Waals surface area contributed by atoms with Gasteiger partial charge in [0.15, 0.2) is 0 Å². The molecule has 3 rings (SSSR count). The molecule has 3 aromatic rings. The van der Waals surface area contributed by atoms with Gasteiger partial charge in [-0.2, -0.15) is 8.42 Å². The number of hydrogen-bond donors (Lipinski definition) is 3. The minimum atomic E-state index is -4.67. The molecule has 2 aromatic carbocycles. The summed E-state index contributed by atoms with van der Waals surface area (Å²) in [4.78, 5) is 16.2. The highest BCUT2D eigenvalue weighted by atomic mass is 79.9. The Hall–Kier alpha value is -1.66. The van der Waals surface area contributed by atoms with Crippen LogP contribution in [0, 0.1) is 0 Å². The van der Waals surface area contributed by atoms with Crippen molar-refractivity contribution in [2.45, 2.75) is 20.0 Å². The first-order valence-corrected chi connectivity index (χ1v) is 13.2. The molecule has 33 heavy (non-hydrogen) atoms. The fourth-order valence-electron chi connectivity index (χ4n) is 2.89. The Labute approximate surface area is 215 Å². The molecule has 0 saturated heterocycles. The van der Waals surface area contributed by atoms with Crippen LogP contribution in [0.15, 0.2) is 58.4 Å². The number of nitrogens with one attached hydrogen (secondary N) is 1. The summed E-state index contributed by atoms with van der Waals surface area (Å²) >= 11 is 17.6. The number of carbonyl (C=O) groups is 1. The maximum Gasteiger partial charge on any atom is 0.394 e. The van der Waals surface area contributed by atoms with Gasteiger partial charge >= 0.3 is 10.4 Å². The zero-order valence-corrected chi connectivity index (χ0v) is 22.1. The number of benzene rings is 2. The SMILES string of the molecule is CCNc1ccc(Cl)cc1CN(Cc1ccc(Br)s1)C(=O)c1ccccc1Cl.O=S(=O)(O)O. The number of hydrogen-bond acceptors (Lipinski definition) is 5. The van der Waals surface area contributed by atoms with Gasteiger partial charge in [-0.25, -0.2) is 0 Å². The number of anilines is 1. The van der Waals surface area contributed by atoms with Crippen LogP contribution in [0.2, 0.25) is 10.0 Å². The van der Waals surface area contributed by atoms with E-state index < -0.39 is 10.4 Å². The Morgan fingerprint density at radius 3 is 2.33 bits per heavy atom. The van der Waals surface area contributed by atoms with Crippen molar-refractivity contribution < 1.29 is 22.3 Å². The predicted molar refractivity (Wildman–Crippen MR) is 137 cm³/mol. The first kappa shape index (κ1) is 27.6. The second-order valence-electron chi connectivity index (χ2n) is 6.63. The van der Waals surface area contributed by atoms with E-state index in [1.165, 1.54) is 0 Å². The third-order valence-electron chi connectivity index (χ3n) is 4.16. The molecule has 0 aliphatic carbocycles. The molecule has 0 aliphatic heterocycles. The van der Waals surface area contributed by atoms with Gasteiger partial charge in [-0.05, 0) is 70.9 Å². The molecule has 3 N–H and O–H groups in total. The highest BCUT2D eigenvalue weighted by molar-refractivity contribution is 9.11. The fraction of sp³-hybridized carbons (Fsp3) is 0.190. The van der Waals surface area contributed by atoms with E-state index in [4.69, 9.17) is 40.7 Å². The minimum absolute atomic E-state index is 0.113. The molecule has 1 heterocycles. The Kier molecular flexibility index (Phi) is 10.6. The second-order valence-corrected chi connectivity index (χ2v) is 10.9. The van der Waals surface area contributed by atoms with Crippen LogP contribution >= 0.6 is 50.5 Å². The molecule has 178 valence electrons. The van der Waals surface area contributed by atoms with Gasteiger partial charge in [0.05, 0.1) is 20.9 Å². The lowest BCUT2D eigenvalue weighted by Crippen LogP contribution is -2.30. The number of rotatable bonds is 7. The molecule has 0 saturated carbocycles. The van der Waals surface area contributed by atoms with Gasteiger partial charge in [0.2, 0.25) is 0 Å². The molecule has 0 spiro atoms. The summed E-state index contributed by atoms with van der Waals surface area (Å²) in [5.41, 5.74) is 2.42. The van der Waals surface area contributed by atoms with Gasteiger partial charge in [-0.15, -0.1) is 11.3 Å². The Bertz CT molecular complexity index is 1200. The average Bonchev–Trinajstić information content (AvgIpc) is 3.13. The minimum Gasteiger partial charge on any atom is -0.385 e. The Balaban J connectivity index is 0.000000696. The van der Waals surface area contributed by atoms with E-state index in [0.717, 1.165) is 26.5 Å². The summed E-state index contributed by atoms with van der Waals surface area (Å²) in [7, 11) is -4.67. The first-order chi connectivity index (χ1) is 15.5. The highest BCUT2D eigenvalue weighted by Gasteiger charge is 2.21. The summed E-state index contributed by atoms with van der Waals surface area (Å²) in [6.07, 6.45) is 0. The van der Waals surface area contributed by atoms with Crippen molar-refractivity contribution in [1.29, 1.82) is 0 Å². The summed E-state index contributed by atoms with van der Waals surface area (Å²) in [6.45, 7) is 3.72. The van der Waals surface area contributed by atoms with Crippen LogP contribution in [0.5, 0.6) is 0 Å². The molecular weight excluding hydrogens is 575 g/mol. The van der Waals surface area contributed by atoms with E-state index in [1.54, 1.807) is 28.4 Å². The molecule has 0 aliphatic rings. The summed E-state index contributed by atoms with van der Waals surface area (Å²) in [5, 5.41) is 4.43. The van der Waals surface area contributed by atoms with Gasteiger partial charge < -0.3 is 10.2 Å². The summed E-state index contributed by atoms with van der Waals surface area (Å²) in [5.74, 6) is -0.113. The topological polar surface area (TPSA) is 107 Å². The number of halogens is 3. The molecule has 0 atom stereocenters. The van der Waals surface area contributed by atoms with Crippen LogP contribution < -0.4 is 5.32 Å². The molecule has 0 radical (unpaired) electrons. The zero-order valence-electron chi connectivity index (χ0n) is 17.3. The molecule has 0 unspecified atom stereocenters. The van der Waals surface area contributed by atoms with E-state index in [-0.39, 0.29) is 5.91 Å². The average molecular weight is 596 g/mol. The third kappa shape index (κ3) is 9.62. The Morgan fingerprint density at radius 1 is 1.09 bits per heavy atom. The van der Waals surface area contributed by atoms with Crippen molar-refractivity contribution in [3.8, 4) is 0 Å². The van der Waals surface area contributed by atoms with Gasteiger partial charge in [0.25, 0.3) is 5.91 Å².